The van der Waals surface area contributed by atoms with E-state index in [1.165, 1.54) is 29.8 Å². The standard InChI is InChI=1S/C18H30N2/c1-6-19-18(12-20-10-15(4)16(5)11-20)17-8-13(2)7-14(3)9-17/h7-9,15-16,18-19H,6,10-12H2,1-5H3. The molecule has 2 heteroatoms. The third-order valence-electron chi connectivity index (χ3n) is 4.60. The van der Waals surface area contributed by atoms with Crippen molar-refractivity contribution in [1.29, 1.82) is 0 Å². The molecule has 2 rings (SSSR count). The summed E-state index contributed by atoms with van der Waals surface area (Å²) in [6, 6.07) is 7.38. The average molecular weight is 274 g/mol. The number of likely N-dealkylation sites (tertiary alicyclic amines) is 1. The molecule has 1 N–H and O–H groups in total. The van der Waals surface area contributed by atoms with Crippen LogP contribution >= 0.6 is 0 Å². The second kappa shape index (κ2) is 6.73. The summed E-state index contributed by atoms with van der Waals surface area (Å²) in [5.41, 5.74) is 4.17. The van der Waals surface area contributed by atoms with Gasteiger partial charge in [0.1, 0.15) is 0 Å². The first-order valence-corrected chi connectivity index (χ1v) is 8.03. The Hall–Kier alpha value is -0.860. The molecule has 1 aromatic rings. The molecule has 2 nitrogen and oxygen atoms in total. The average Bonchev–Trinajstić information content (AvgIpc) is 2.66. The molecule has 0 aromatic heterocycles. The third-order valence-corrected chi connectivity index (χ3v) is 4.60. The Kier molecular flexibility index (Phi) is 5.22. The Morgan fingerprint density at radius 3 is 2.15 bits per heavy atom. The number of nitrogens with one attached hydrogen (secondary N) is 1. The molecular formula is C18H30N2. The van der Waals surface area contributed by atoms with Crippen LogP contribution in [0.5, 0.6) is 0 Å². The maximum absolute atomic E-state index is 3.67. The number of aryl methyl sites for hydroxylation is 2. The quantitative estimate of drug-likeness (QED) is 0.883. The normalized spacial score (nSPS) is 25.1. The molecule has 0 amide bonds. The van der Waals surface area contributed by atoms with Gasteiger partial charge in [0.2, 0.25) is 0 Å². The maximum Gasteiger partial charge on any atom is 0.0449 e. The zero-order valence-corrected chi connectivity index (χ0v) is 13.7. The van der Waals surface area contributed by atoms with Crippen LogP contribution in [0.25, 0.3) is 0 Å². The molecule has 112 valence electrons. The molecule has 1 aromatic carbocycles. The zero-order valence-electron chi connectivity index (χ0n) is 13.7. The minimum Gasteiger partial charge on any atom is -0.309 e. The minimum atomic E-state index is 0.455. The highest BCUT2D eigenvalue weighted by atomic mass is 15.2. The zero-order chi connectivity index (χ0) is 14.7. The van der Waals surface area contributed by atoms with Crippen LogP contribution < -0.4 is 5.32 Å². The van der Waals surface area contributed by atoms with Gasteiger partial charge in [-0.1, -0.05) is 50.1 Å². The van der Waals surface area contributed by atoms with E-state index >= 15 is 0 Å². The van der Waals surface area contributed by atoms with Crippen LogP contribution in [-0.2, 0) is 0 Å². The van der Waals surface area contributed by atoms with E-state index in [0.717, 1.165) is 24.9 Å². The number of benzene rings is 1. The summed E-state index contributed by atoms with van der Waals surface area (Å²) in [6.45, 7) is 16.0. The number of rotatable bonds is 5. The van der Waals surface area contributed by atoms with E-state index in [1.54, 1.807) is 0 Å². The summed E-state index contributed by atoms with van der Waals surface area (Å²) >= 11 is 0. The molecular weight excluding hydrogens is 244 g/mol. The molecule has 0 saturated carbocycles. The highest BCUT2D eigenvalue weighted by Crippen LogP contribution is 2.25. The van der Waals surface area contributed by atoms with Gasteiger partial charge in [-0.3, -0.25) is 0 Å². The van der Waals surface area contributed by atoms with Gasteiger partial charge >= 0.3 is 0 Å². The Bertz CT molecular complexity index is 411. The third kappa shape index (κ3) is 3.83. The van der Waals surface area contributed by atoms with Crippen molar-refractivity contribution in [3.8, 4) is 0 Å². The molecule has 20 heavy (non-hydrogen) atoms. The van der Waals surface area contributed by atoms with Crippen molar-refractivity contribution in [2.75, 3.05) is 26.2 Å². The van der Waals surface area contributed by atoms with Crippen molar-refractivity contribution in [2.24, 2.45) is 11.8 Å². The van der Waals surface area contributed by atoms with Gasteiger partial charge in [-0.25, -0.2) is 0 Å². The minimum absolute atomic E-state index is 0.455. The SMILES string of the molecule is CCNC(CN1CC(C)C(C)C1)c1cc(C)cc(C)c1. The Morgan fingerprint density at radius 1 is 1.10 bits per heavy atom. The lowest BCUT2D eigenvalue weighted by Crippen LogP contribution is -2.34. The molecule has 1 fully saturated rings. The molecule has 1 aliphatic heterocycles. The van der Waals surface area contributed by atoms with Crippen LogP contribution in [0.4, 0.5) is 0 Å². The van der Waals surface area contributed by atoms with Crippen molar-refractivity contribution in [1.82, 2.24) is 10.2 Å². The highest BCUT2D eigenvalue weighted by Gasteiger charge is 2.27. The fourth-order valence-corrected chi connectivity index (χ4v) is 3.40. The Balaban J connectivity index is 2.10. The number of likely N-dealkylation sites (N-methyl/N-ethyl adjacent to an activating group) is 1. The van der Waals surface area contributed by atoms with E-state index in [9.17, 15) is 0 Å². The van der Waals surface area contributed by atoms with E-state index < -0.39 is 0 Å². The van der Waals surface area contributed by atoms with Gasteiger partial charge < -0.3 is 10.2 Å². The lowest BCUT2D eigenvalue weighted by molar-refractivity contribution is 0.283. The van der Waals surface area contributed by atoms with Gasteiger partial charge in [0, 0.05) is 25.7 Å². The van der Waals surface area contributed by atoms with Gasteiger partial charge in [-0.2, -0.15) is 0 Å². The van der Waals surface area contributed by atoms with Gasteiger partial charge in [-0.15, -0.1) is 0 Å². The van der Waals surface area contributed by atoms with Crippen LogP contribution in [0.2, 0.25) is 0 Å². The van der Waals surface area contributed by atoms with Gasteiger partial charge in [-0.05, 0) is 37.8 Å². The number of hydrogen-bond acceptors (Lipinski definition) is 2. The monoisotopic (exact) mass is 274 g/mol. The first-order chi connectivity index (χ1) is 9.49. The van der Waals surface area contributed by atoms with Crippen molar-refractivity contribution in [3.63, 3.8) is 0 Å². The molecule has 3 atom stereocenters. The first-order valence-electron chi connectivity index (χ1n) is 8.03. The predicted molar refractivity (Wildman–Crippen MR) is 87.1 cm³/mol. The fourth-order valence-electron chi connectivity index (χ4n) is 3.40. The van der Waals surface area contributed by atoms with E-state index in [2.05, 4.69) is 63.0 Å². The molecule has 1 heterocycles. The molecule has 0 spiro atoms. The lowest BCUT2D eigenvalue weighted by atomic mass is 10.0. The molecule has 0 radical (unpaired) electrons. The smallest absolute Gasteiger partial charge is 0.0449 e. The number of hydrogen-bond donors (Lipinski definition) is 1. The van der Waals surface area contributed by atoms with E-state index in [0.29, 0.717) is 6.04 Å². The van der Waals surface area contributed by atoms with E-state index in [1.807, 2.05) is 0 Å². The second-order valence-electron chi connectivity index (χ2n) is 6.70. The second-order valence-corrected chi connectivity index (χ2v) is 6.70. The van der Waals surface area contributed by atoms with Gasteiger partial charge in [0.15, 0.2) is 0 Å². The Labute approximate surface area is 124 Å². The Morgan fingerprint density at radius 2 is 1.65 bits per heavy atom. The maximum atomic E-state index is 3.67. The van der Waals surface area contributed by atoms with Crippen LogP contribution in [0.3, 0.4) is 0 Å². The largest absolute Gasteiger partial charge is 0.309 e. The fraction of sp³-hybridized carbons (Fsp3) is 0.667. The van der Waals surface area contributed by atoms with Crippen molar-refractivity contribution in [3.05, 3.63) is 34.9 Å². The molecule has 0 aliphatic carbocycles. The summed E-state index contributed by atoms with van der Waals surface area (Å²) in [7, 11) is 0. The highest BCUT2D eigenvalue weighted by molar-refractivity contribution is 5.31. The summed E-state index contributed by atoms with van der Waals surface area (Å²) in [5.74, 6) is 1.66. The van der Waals surface area contributed by atoms with Crippen LogP contribution in [0, 0.1) is 25.7 Å². The topological polar surface area (TPSA) is 15.3 Å². The summed E-state index contributed by atoms with van der Waals surface area (Å²) in [5, 5.41) is 3.67. The molecule has 0 bridgehead atoms. The van der Waals surface area contributed by atoms with Crippen LogP contribution in [0.1, 0.15) is 43.5 Å². The van der Waals surface area contributed by atoms with E-state index in [-0.39, 0.29) is 0 Å². The van der Waals surface area contributed by atoms with Crippen molar-refractivity contribution < 1.29 is 0 Å². The first kappa shape index (κ1) is 15.5. The molecule has 3 unspecified atom stereocenters. The van der Waals surface area contributed by atoms with Crippen LogP contribution in [-0.4, -0.2) is 31.1 Å². The van der Waals surface area contributed by atoms with E-state index in [4.69, 9.17) is 0 Å². The lowest BCUT2D eigenvalue weighted by Gasteiger charge is -2.25. The summed E-state index contributed by atoms with van der Waals surface area (Å²) in [6.07, 6.45) is 0. The van der Waals surface area contributed by atoms with Gasteiger partial charge in [0.25, 0.3) is 0 Å². The summed E-state index contributed by atoms with van der Waals surface area (Å²) < 4.78 is 0. The van der Waals surface area contributed by atoms with Crippen molar-refractivity contribution in [2.45, 2.75) is 40.7 Å². The summed E-state index contributed by atoms with van der Waals surface area (Å²) in [4.78, 5) is 2.63. The molecule has 1 aliphatic rings. The predicted octanol–water partition coefficient (Wildman–Crippen LogP) is 3.54. The number of nitrogens with zero attached hydrogens (tertiary/aromatic N) is 1. The molecule has 1 saturated heterocycles. The van der Waals surface area contributed by atoms with Gasteiger partial charge in [0.05, 0.1) is 0 Å². The van der Waals surface area contributed by atoms with Crippen LogP contribution in [0.15, 0.2) is 18.2 Å². The van der Waals surface area contributed by atoms with Crippen molar-refractivity contribution >= 4 is 0 Å².